The Morgan fingerprint density at radius 3 is 2.24 bits per heavy atom. The van der Waals surface area contributed by atoms with E-state index in [1.54, 1.807) is 6.07 Å². The molecule has 0 atom stereocenters. The van der Waals surface area contributed by atoms with Crippen LogP contribution in [0.2, 0.25) is 0 Å². The average molecular weight is 350 g/mol. The van der Waals surface area contributed by atoms with Crippen LogP contribution < -0.4 is 0 Å². The quantitative estimate of drug-likeness (QED) is 0.413. The minimum atomic E-state index is -4.09. The summed E-state index contributed by atoms with van der Waals surface area (Å²) in [4.78, 5) is 0. The van der Waals surface area contributed by atoms with Gasteiger partial charge in [-0.05, 0) is 41.5 Å². The largest absolute Gasteiger partial charge is 0.335 e. The molecule has 0 radical (unpaired) electrons. The van der Waals surface area contributed by atoms with Gasteiger partial charge in [0.1, 0.15) is 0 Å². The zero-order valence-corrected chi connectivity index (χ0v) is 14.3. The van der Waals surface area contributed by atoms with Crippen LogP contribution in [-0.2, 0) is 18.8 Å². The predicted molar refractivity (Wildman–Crippen MR) is 92.3 cm³/mol. The first-order valence-corrected chi connectivity index (χ1v) is 8.83. The minimum absolute atomic E-state index is 0.0269. The highest BCUT2D eigenvalue weighted by Crippen LogP contribution is 2.50. The number of hydrogen-bond acceptors (Lipinski definition) is 0. The number of fused-ring (bicyclic) bond motifs is 1. The smallest absolute Gasteiger partial charge is 0.199 e. The first-order valence-electron chi connectivity index (χ1n) is 8.83. The molecule has 0 nitrogen and oxygen atoms in total. The van der Waals surface area contributed by atoms with Crippen molar-refractivity contribution in [3.05, 3.63) is 59.2 Å². The fourth-order valence-corrected chi connectivity index (χ4v) is 3.38. The predicted octanol–water partition coefficient (Wildman–Crippen LogP) is 6.76. The Balaban J connectivity index is 1.83. The van der Waals surface area contributed by atoms with Gasteiger partial charge in [-0.2, -0.15) is 17.6 Å². The van der Waals surface area contributed by atoms with Crippen molar-refractivity contribution in [2.24, 2.45) is 0 Å². The summed E-state index contributed by atoms with van der Waals surface area (Å²) >= 11 is 0. The van der Waals surface area contributed by atoms with E-state index in [-0.39, 0.29) is 6.42 Å². The molecule has 0 aromatic heterocycles. The third-order valence-corrected chi connectivity index (χ3v) is 4.97. The van der Waals surface area contributed by atoms with E-state index in [0.717, 1.165) is 30.0 Å². The van der Waals surface area contributed by atoms with Crippen molar-refractivity contribution in [3.63, 3.8) is 0 Å². The molecule has 1 aliphatic rings. The van der Waals surface area contributed by atoms with Crippen LogP contribution >= 0.6 is 0 Å². The van der Waals surface area contributed by atoms with E-state index in [4.69, 9.17) is 0 Å². The molecule has 0 saturated carbocycles. The summed E-state index contributed by atoms with van der Waals surface area (Å²) in [5.41, 5.74) is 2.74. The highest BCUT2D eigenvalue weighted by atomic mass is 19.3. The van der Waals surface area contributed by atoms with Gasteiger partial charge in [0.2, 0.25) is 0 Å². The summed E-state index contributed by atoms with van der Waals surface area (Å²) in [5.74, 6) is -8.07. The second-order valence-electron chi connectivity index (χ2n) is 6.80. The van der Waals surface area contributed by atoms with Crippen LogP contribution in [0.25, 0.3) is 11.1 Å². The molecule has 0 amide bonds. The molecule has 2 aromatic rings. The molecule has 1 aliphatic carbocycles. The number of alkyl halides is 4. The lowest BCUT2D eigenvalue weighted by atomic mass is 9.84. The fourth-order valence-electron chi connectivity index (χ4n) is 3.38. The molecule has 0 saturated heterocycles. The SMILES string of the molecule is CCCCCc1ccc(-c2ccc3c(c2)CCC(F)(F)C3(F)F)cc1. The van der Waals surface area contributed by atoms with Crippen LogP contribution in [0.15, 0.2) is 42.5 Å². The summed E-state index contributed by atoms with van der Waals surface area (Å²) in [6, 6.07) is 12.3. The second-order valence-corrected chi connectivity index (χ2v) is 6.80. The first kappa shape index (κ1) is 18.0. The monoisotopic (exact) mass is 350 g/mol. The molecule has 0 bridgehead atoms. The van der Waals surface area contributed by atoms with Crippen molar-refractivity contribution in [2.45, 2.75) is 57.3 Å². The van der Waals surface area contributed by atoms with Gasteiger partial charge >= 0.3 is 11.8 Å². The molecular weight excluding hydrogens is 328 g/mol. The maximum Gasteiger partial charge on any atom is 0.335 e. The summed E-state index contributed by atoms with van der Waals surface area (Å²) in [5, 5.41) is 0. The molecule has 0 fully saturated rings. The van der Waals surface area contributed by atoms with Gasteiger partial charge in [-0.1, -0.05) is 62.2 Å². The highest BCUT2D eigenvalue weighted by Gasteiger charge is 2.59. The van der Waals surface area contributed by atoms with E-state index in [0.29, 0.717) is 5.56 Å². The Bertz CT molecular complexity index is 732. The van der Waals surface area contributed by atoms with E-state index in [9.17, 15) is 17.6 Å². The van der Waals surface area contributed by atoms with Crippen LogP contribution in [0.4, 0.5) is 17.6 Å². The number of hydrogen-bond donors (Lipinski definition) is 0. The Labute approximate surface area is 145 Å². The number of unbranched alkanes of at least 4 members (excludes halogenated alkanes) is 2. The Hall–Kier alpha value is -1.84. The van der Waals surface area contributed by atoms with Crippen molar-refractivity contribution < 1.29 is 17.6 Å². The molecule has 25 heavy (non-hydrogen) atoms. The lowest BCUT2D eigenvalue weighted by Gasteiger charge is -2.33. The molecule has 4 heteroatoms. The number of halogens is 4. The average Bonchev–Trinajstić information content (AvgIpc) is 2.59. The zero-order valence-electron chi connectivity index (χ0n) is 14.3. The van der Waals surface area contributed by atoms with Crippen LogP contribution in [0.1, 0.15) is 49.3 Å². The van der Waals surface area contributed by atoms with E-state index < -0.39 is 23.8 Å². The van der Waals surface area contributed by atoms with Gasteiger partial charge in [-0.15, -0.1) is 0 Å². The van der Waals surface area contributed by atoms with Gasteiger partial charge in [-0.25, -0.2) is 0 Å². The molecule has 0 heterocycles. The third kappa shape index (κ3) is 3.44. The van der Waals surface area contributed by atoms with Gasteiger partial charge < -0.3 is 0 Å². The van der Waals surface area contributed by atoms with E-state index >= 15 is 0 Å². The fraction of sp³-hybridized carbons (Fsp3) is 0.429. The van der Waals surface area contributed by atoms with E-state index in [2.05, 4.69) is 6.92 Å². The number of rotatable bonds is 5. The second kappa shape index (κ2) is 6.81. The topological polar surface area (TPSA) is 0 Å². The zero-order chi connectivity index (χ0) is 18.1. The molecule has 0 aliphatic heterocycles. The van der Waals surface area contributed by atoms with E-state index in [1.165, 1.54) is 24.5 Å². The molecule has 0 unspecified atom stereocenters. The number of benzene rings is 2. The first-order chi connectivity index (χ1) is 11.8. The Morgan fingerprint density at radius 1 is 0.880 bits per heavy atom. The Kier molecular flexibility index (Phi) is 4.90. The number of aryl methyl sites for hydroxylation is 2. The minimum Gasteiger partial charge on any atom is -0.199 e. The van der Waals surface area contributed by atoms with Gasteiger partial charge in [0.05, 0.1) is 0 Å². The molecule has 134 valence electrons. The van der Waals surface area contributed by atoms with Crippen molar-refractivity contribution in [3.8, 4) is 11.1 Å². The van der Waals surface area contributed by atoms with Gasteiger partial charge in [0.25, 0.3) is 0 Å². The van der Waals surface area contributed by atoms with Crippen LogP contribution in [0.5, 0.6) is 0 Å². The molecular formula is C21H22F4. The summed E-state index contributed by atoms with van der Waals surface area (Å²) < 4.78 is 54.9. The third-order valence-electron chi connectivity index (χ3n) is 4.97. The summed E-state index contributed by atoms with van der Waals surface area (Å²) in [7, 11) is 0. The lowest BCUT2D eigenvalue weighted by Crippen LogP contribution is -2.42. The molecule has 0 N–H and O–H groups in total. The van der Waals surface area contributed by atoms with Crippen LogP contribution in [0, 0.1) is 0 Å². The van der Waals surface area contributed by atoms with E-state index in [1.807, 2.05) is 24.3 Å². The van der Waals surface area contributed by atoms with Crippen LogP contribution in [-0.4, -0.2) is 5.92 Å². The van der Waals surface area contributed by atoms with Gasteiger partial charge in [0.15, 0.2) is 0 Å². The van der Waals surface area contributed by atoms with Crippen molar-refractivity contribution in [1.29, 1.82) is 0 Å². The maximum absolute atomic E-state index is 14.0. The molecule has 0 spiro atoms. The van der Waals surface area contributed by atoms with Gasteiger partial charge in [-0.3, -0.25) is 0 Å². The summed E-state index contributed by atoms with van der Waals surface area (Å²) in [6.45, 7) is 2.17. The molecule has 2 aromatic carbocycles. The summed E-state index contributed by atoms with van der Waals surface area (Å²) in [6.07, 6.45) is 3.72. The maximum atomic E-state index is 14.0. The van der Waals surface area contributed by atoms with Crippen molar-refractivity contribution in [2.75, 3.05) is 0 Å². The molecule has 3 rings (SSSR count). The standard InChI is InChI=1S/C21H22F4/c1-2-3-4-5-15-6-8-16(9-7-15)17-10-11-19-18(14-17)12-13-20(22,23)21(19,24)25/h6-11,14H,2-5,12-13H2,1H3. The highest BCUT2D eigenvalue weighted by molar-refractivity contribution is 5.66. The van der Waals surface area contributed by atoms with Crippen molar-refractivity contribution >= 4 is 0 Å². The normalized spacial score (nSPS) is 18.0. The lowest BCUT2D eigenvalue weighted by molar-refractivity contribution is -0.224. The van der Waals surface area contributed by atoms with Crippen molar-refractivity contribution in [1.82, 2.24) is 0 Å². The Morgan fingerprint density at radius 2 is 1.56 bits per heavy atom. The van der Waals surface area contributed by atoms with Crippen LogP contribution in [0.3, 0.4) is 0 Å². The van der Waals surface area contributed by atoms with Gasteiger partial charge in [0, 0.05) is 12.0 Å².